The number of aliphatic imine (C=N–C) groups is 1. The zero-order valence-electron chi connectivity index (χ0n) is 16.3. The molecule has 0 saturated carbocycles. The molecular formula is C23H28N4O. The molecule has 1 fully saturated rings. The lowest BCUT2D eigenvalue weighted by atomic mass is 10.2. The van der Waals surface area contributed by atoms with Gasteiger partial charge in [0, 0.05) is 45.5 Å². The van der Waals surface area contributed by atoms with Crippen molar-refractivity contribution in [2.75, 3.05) is 39.4 Å². The lowest BCUT2D eigenvalue weighted by Gasteiger charge is -2.37. The van der Waals surface area contributed by atoms with Gasteiger partial charge in [-0.3, -0.25) is 9.80 Å². The van der Waals surface area contributed by atoms with E-state index < -0.39 is 0 Å². The Bertz CT molecular complexity index is 780. The second-order valence-corrected chi connectivity index (χ2v) is 7.37. The largest absolute Gasteiger partial charge is 0.489 e. The molecule has 0 aromatic heterocycles. The lowest BCUT2D eigenvalue weighted by Crippen LogP contribution is -2.49. The molecule has 1 saturated heterocycles. The van der Waals surface area contributed by atoms with E-state index in [1.807, 2.05) is 30.7 Å². The van der Waals surface area contributed by atoms with Gasteiger partial charge in [-0.2, -0.15) is 0 Å². The molecule has 0 unspecified atom stereocenters. The van der Waals surface area contributed by atoms with Crippen molar-refractivity contribution < 1.29 is 4.74 Å². The highest BCUT2D eigenvalue weighted by molar-refractivity contribution is 5.57. The fourth-order valence-electron chi connectivity index (χ4n) is 3.55. The van der Waals surface area contributed by atoms with Gasteiger partial charge < -0.3 is 9.64 Å². The van der Waals surface area contributed by atoms with E-state index in [4.69, 9.17) is 4.74 Å². The minimum absolute atomic E-state index is 0.611. The minimum atomic E-state index is 0.611. The Hall–Kier alpha value is -2.63. The van der Waals surface area contributed by atoms with Crippen LogP contribution in [0.3, 0.4) is 0 Å². The molecule has 0 amide bonds. The van der Waals surface area contributed by atoms with Gasteiger partial charge in [-0.05, 0) is 29.3 Å². The fourth-order valence-corrected chi connectivity index (χ4v) is 3.55. The van der Waals surface area contributed by atoms with Crippen molar-refractivity contribution in [1.29, 1.82) is 0 Å². The van der Waals surface area contributed by atoms with E-state index in [0.717, 1.165) is 51.7 Å². The number of nitrogens with zero attached hydrogens (tertiary/aromatic N) is 4. The van der Waals surface area contributed by atoms with Gasteiger partial charge in [-0.15, -0.1) is 0 Å². The van der Waals surface area contributed by atoms with Crippen molar-refractivity contribution in [3.63, 3.8) is 0 Å². The van der Waals surface area contributed by atoms with Crippen LogP contribution in [0.4, 0.5) is 0 Å². The van der Waals surface area contributed by atoms with Gasteiger partial charge in [-0.25, -0.2) is 4.99 Å². The van der Waals surface area contributed by atoms with Crippen LogP contribution in [0, 0.1) is 0 Å². The first-order valence-electron chi connectivity index (χ1n) is 9.98. The maximum atomic E-state index is 5.88. The van der Waals surface area contributed by atoms with Crippen LogP contribution in [0.15, 0.2) is 71.9 Å². The molecule has 146 valence electrons. The van der Waals surface area contributed by atoms with Crippen LogP contribution >= 0.6 is 0 Å². The van der Waals surface area contributed by atoms with Gasteiger partial charge in [0.2, 0.25) is 0 Å². The van der Waals surface area contributed by atoms with E-state index in [1.165, 1.54) is 11.1 Å². The van der Waals surface area contributed by atoms with E-state index in [2.05, 4.69) is 62.2 Å². The molecule has 5 nitrogen and oxygen atoms in total. The standard InChI is InChI=1S/C23H28N4O/c1-2-5-22(6-3-1)18-28-23-9-7-21(8-10-23)17-25-13-15-26(16-14-25)20-27-12-4-11-24-19-27/h1-11,19H,12-18,20H2. The molecule has 0 aliphatic carbocycles. The van der Waals surface area contributed by atoms with Gasteiger partial charge in [0.05, 0.1) is 13.0 Å². The predicted octanol–water partition coefficient (Wildman–Crippen LogP) is 3.20. The Morgan fingerprint density at radius 1 is 0.821 bits per heavy atom. The monoisotopic (exact) mass is 376 g/mol. The Morgan fingerprint density at radius 2 is 1.57 bits per heavy atom. The second-order valence-electron chi connectivity index (χ2n) is 7.37. The van der Waals surface area contributed by atoms with Crippen LogP contribution in [0.5, 0.6) is 5.75 Å². The number of hydrogen-bond acceptors (Lipinski definition) is 5. The van der Waals surface area contributed by atoms with Crippen molar-refractivity contribution in [1.82, 2.24) is 14.7 Å². The summed E-state index contributed by atoms with van der Waals surface area (Å²) in [4.78, 5) is 11.5. The molecule has 28 heavy (non-hydrogen) atoms. The summed E-state index contributed by atoms with van der Waals surface area (Å²) in [5.74, 6) is 0.926. The van der Waals surface area contributed by atoms with Crippen molar-refractivity contribution in [3.8, 4) is 5.75 Å². The number of hydrogen-bond donors (Lipinski definition) is 0. The summed E-state index contributed by atoms with van der Waals surface area (Å²) < 4.78 is 5.88. The molecule has 4 rings (SSSR count). The van der Waals surface area contributed by atoms with Crippen LogP contribution in [-0.4, -0.2) is 60.4 Å². The molecule has 0 atom stereocenters. The Kier molecular flexibility index (Phi) is 6.37. The van der Waals surface area contributed by atoms with Crippen molar-refractivity contribution >= 4 is 6.34 Å². The lowest BCUT2D eigenvalue weighted by molar-refractivity contribution is 0.0989. The summed E-state index contributed by atoms with van der Waals surface area (Å²) in [5, 5.41) is 0. The average Bonchev–Trinajstić information content (AvgIpc) is 2.76. The normalized spacial score (nSPS) is 17.8. The van der Waals surface area contributed by atoms with Crippen LogP contribution in [-0.2, 0) is 13.2 Å². The molecule has 2 aromatic carbocycles. The van der Waals surface area contributed by atoms with E-state index in [0.29, 0.717) is 6.61 Å². The molecule has 2 aliphatic rings. The van der Waals surface area contributed by atoms with Gasteiger partial charge in [0.15, 0.2) is 0 Å². The number of ether oxygens (including phenoxy) is 1. The summed E-state index contributed by atoms with van der Waals surface area (Å²) in [6.45, 7) is 7.96. The van der Waals surface area contributed by atoms with Gasteiger partial charge in [-0.1, -0.05) is 42.5 Å². The zero-order chi connectivity index (χ0) is 19.0. The Labute approximate surface area is 167 Å². The maximum Gasteiger partial charge on any atom is 0.119 e. The highest BCUT2D eigenvalue weighted by Crippen LogP contribution is 2.16. The quantitative estimate of drug-likeness (QED) is 0.743. The van der Waals surface area contributed by atoms with Crippen LogP contribution < -0.4 is 4.74 Å². The third-order valence-corrected chi connectivity index (χ3v) is 5.19. The van der Waals surface area contributed by atoms with E-state index in [9.17, 15) is 0 Å². The van der Waals surface area contributed by atoms with Gasteiger partial charge in [0.25, 0.3) is 0 Å². The molecule has 2 aliphatic heterocycles. The Morgan fingerprint density at radius 3 is 2.29 bits per heavy atom. The smallest absolute Gasteiger partial charge is 0.119 e. The summed E-state index contributed by atoms with van der Waals surface area (Å²) in [6.07, 6.45) is 5.91. The fraction of sp³-hybridized carbons (Fsp3) is 0.348. The third kappa shape index (κ3) is 5.44. The number of rotatable bonds is 7. The van der Waals surface area contributed by atoms with Crippen LogP contribution in [0.2, 0.25) is 0 Å². The highest BCUT2D eigenvalue weighted by atomic mass is 16.5. The summed E-state index contributed by atoms with van der Waals surface area (Å²) in [7, 11) is 0. The molecule has 0 bridgehead atoms. The van der Waals surface area contributed by atoms with E-state index in [-0.39, 0.29) is 0 Å². The van der Waals surface area contributed by atoms with Crippen molar-refractivity contribution in [2.24, 2.45) is 4.99 Å². The summed E-state index contributed by atoms with van der Waals surface area (Å²) in [5.41, 5.74) is 2.53. The molecular weight excluding hydrogens is 348 g/mol. The first kappa shape index (κ1) is 18.7. The first-order chi connectivity index (χ1) is 13.8. The summed E-state index contributed by atoms with van der Waals surface area (Å²) >= 11 is 0. The van der Waals surface area contributed by atoms with E-state index in [1.54, 1.807) is 0 Å². The molecule has 0 spiro atoms. The number of piperazine rings is 1. The van der Waals surface area contributed by atoms with E-state index >= 15 is 0 Å². The zero-order valence-corrected chi connectivity index (χ0v) is 16.3. The second kappa shape index (κ2) is 9.53. The van der Waals surface area contributed by atoms with Crippen LogP contribution in [0.25, 0.3) is 0 Å². The molecule has 0 radical (unpaired) electrons. The molecule has 2 aromatic rings. The summed E-state index contributed by atoms with van der Waals surface area (Å²) in [6, 6.07) is 18.8. The number of benzene rings is 2. The average molecular weight is 377 g/mol. The SMILES string of the molecule is C1=CN=CN(CN2CCN(Cc3ccc(OCc4ccccc4)cc3)CC2)C1. The predicted molar refractivity (Wildman–Crippen MR) is 113 cm³/mol. The maximum absolute atomic E-state index is 5.88. The third-order valence-electron chi connectivity index (χ3n) is 5.19. The van der Waals surface area contributed by atoms with Crippen molar-refractivity contribution in [2.45, 2.75) is 13.2 Å². The molecule has 0 N–H and O–H groups in total. The first-order valence-corrected chi connectivity index (χ1v) is 9.98. The Balaban J connectivity index is 1.19. The molecule has 5 heteroatoms. The molecule has 2 heterocycles. The van der Waals surface area contributed by atoms with Gasteiger partial charge in [0.1, 0.15) is 12.4 Å². The van der Waals surface area contributed by atoms with Crippen LogP contribution in [0.1, 0.15) is 11.1 Å². The topological polar surface area (TPSA) is 31.3 Å². The van der Waals surface area contributed by atoms with Gasteiger partial charge >= 0.3 is 0 Å². The highest BCUT2D eigenvalue weighted by Gasteiger charge is 2.18. The minimum Gasteiger partial charge on any atom is -0.489 e. The van der Waals surface area contributed by atoms with Crippen molar-refractivity contribution in [3.05, 3.63) is 78.0 Å².